The van der Waals surface area contributed by atoms with Gasteiger partial charge < -0.3 is 14.8 Å². The molecule has 28 heavy (non-hydrogen) atoms. The standard InChI is InChI=1S/C20H30N2O5S/c1-4-26-19-10-15-9-14(3)27-18(15)11-17(19)21-20(23)12-28(24,25)22-16-7-5-13(2)6-8-16/h10-11,13-14,16,22H,4-9,12H2,1-3H3,(H,21,23). The number of rotatable bonds is 7. The van der Waals surface area contributed by atoms with E-state index in [0.29, 0.717) is 29.7 Å². The van der Waals surface area contributed by atoms with Gasteiger partial charge in [-0.3, -0.25) is 4.79 Å². The third kappa shape index (κ3) is 5.38. The van der Waals surface area contributed by atoms with Crippen LogP contribution in [0.1, 0.15) is 52.0 Å². The van der Waals surface area contributed by atoms with E-state index in [-0.39, 0.29) is 12.1 Å². The summed E-state index contributed by atoms with van der Waals surface area (Å²) in [7, 11) is -3.70. The number of carbonyl (C=O) groups excluding carboxylic acids is 1. The fourth-order valence-corrected chi connectivity index (χ4v) is 5.09. The van der Waals surface area contributed by atoms with E-state index in [0.717, 1.165) is 37.7 Å². The number of hydrogen-bond acceptors (Lipinski definition) is 5. The molecule has 0 radical (unpaired) electrons. The lowest BCUT2D eigenvalue weighted by molar-refractivity contribution is -0.113. The van der Waals surface area contributed by atoms with Crippen LogP contribution in [0.4, 0.5) is 5.69 Å². The van der Waals surface area contributed by atoms with Crippen molar-refractivity contribution in [1.29, 1.82) is 0 Å². The zero-order valence-corrected chi connectivity index (χ0v) is 17.6. The highest BCUT2D eigenvalue weighted by Gasteiger charge is 2.26. The molecule has 0 spiro atoms. The topological polar surface area (TPSA) is 93.7 Å². The van der Waals surface area contributed by atoms with Crippen molar-refractivity contribution < 1.29 is 22.7 Å². The van der Waals surface area contributed by atoms with Crippen LogP contribution < -0.4 is 19.5 Å². The maximum absolute atomic E-state index is 12.4. The summed E-state index contributed by atoms with van der Waals surface area (Å²) in [5.74, 6) is 0.649. The van der Waals surface area contributed by atoms with E-state index in [4.69, 9.17) is 9.47 Å². The van der Waals surface area contributed by atoms with Crippen LogP contribution in [0.5, 0.6) is 11.5 Å². The first-order valence-electron chi connectivity index (χ1n) is 10.0. The van der Waals surface area contributed by atoms with Gasteiger partial charge in [0.05, 0.1) is 12.3 Å². The van der Waals surface area contributed by atoms with Crippen molar-refractivity contribution in [3.63, 3.8) is 0 Å². The van der Waals surface area contributed by atoms with Crippen LogP contribution in [-0.2, 0) is 21.2 Å². The molecule has 3 rings (SSSR count). The van der Waals surface area contributed by atoms with E-state index in [2.05, 4.69) is 17.0 Å². The zero-order valence-electron chi connectivity index (χ0n) is 16.8. The molecule has 1 fully saturated rings. The number of nitrogens with one attached hydrogen (secondary N) is 2. The Kier molecular flexibility index (Phi) is 6.50. The molecule has 1 unspecified atom stereocenters. The fourth-order valence-electron chi connectivity index (χ4n) is 3.84. The predicted molar refractivity (Wildman–Crippen MR) is 108 cm³/mol. The Balaban J connectivity index is 1.64. The van der Waals surface area contributed by atoms with Crippen molar-refractivity contribution >= 4 is 21.6 Å². The first-order chi connectivity index (χ1) is 13.3. The first kappa shape index (κ1) is 20.9. The summed E-state index contributed by atoms with van der Waals surface area (Å²) < 4.78 is 38.8. The van der Waals surface area contributed by atoms with E-state index >= 15 is 0 Å². The lowest BCUT2D eigenvalue weighted by Crippen LogP contribution is -2.41. The van der Waals surface area contributed by atoms with Gasteiger partial charge in [-0.25, -0.2) is 13.1 Å². The number of fused-ring (bicyclic) bond motifs is 1. The molecule has 1 aromatic carbocycles. The molecule has 1 aromatic rings. The van der Waals surface area contributed by atoms with E-state index in [1.54, 1.807) is 6.07 Å². The number of ether oxygens (including phenoxy) is 2. The van der Waals surface area contributed by atoms with Crippen molar-refractivity contribution in [2.75, 3.05) is 17.7 Å². The Morgan fingerprint density at radius 1 is 1.21 bits per heavy atom. The lowest BCUT2D eigenvalue weighted by Gasteiger charge is -2.26. The average Bonchev–Trinajstić information content (AvgIpc) is 2.95. The van der Waals surface area contributed by atoms with Gasteiger partial charge in [-0.05, 0) is 51.5 Å². The van der Waals surface area contributed by atoms with Crippen LogP contribution in [0.15, 0.2) is 12.1 Å². The van der Waals surface area contributed by atoms with Crippen molar-refractivity contribution in [1.82, 2.24) is 4.72 Å². The smallest absolute Gasteiger partial charge is 0.241 e. The zero-order chi connectivity index (χ0) is 20.3. The lowest BCUT2D eigenvalue weighted by atomic mass is 9.88. The molecule has 7 nitrogen and oxygen atoms in total. The van der Waals surface area contributed by atoms with E-state index < -0.39 is 21.7 Å². The van der Waals surface area contributed by atoms with Gasteiger partial charge in [0.25, 0.3) is 0 Å². The van der Waals surface area contributed by atoms with Crippen LogP contribution in [0.25, 0.3) is 0 Å². The highest BCUT2D eigenvalue weighted by atomic mass is 32.2. The van der Waals surface area contributed by atoms with Crippen LogP contribution >= 0.6 is 0 Å². The van der Waals surface area contributed by atoms with E-state index in [1.165, 1.54) is 0 Å². The van der Waals surface area contributed by atoms with Crippen molar-refractivity contribution in [2.45, 2.75) is 65.0 Å². The molecule has 156 valence electrons. The molecule has 1 amide bonds. The van der Waals surface area contributed by atoms with Gasteiger partial charge in [-0.2, -0.15) is 0 Å². The highest BCUT2D eigenvalue weighted by molar-refractivity contribution is 7.90. The number of sulfonamides is 1. The van der Waals surface area contributed by atoms with Gasteiger partial charge in [-0.15, -0.1) is 0 Å². The molecule has 1 aliphatic heterocycles. The maximum atomic E-state index is 12.4. The highest BCUT2D eigenvalue weighted by Crippen LogP contribution is 2.38. The van der Waals surface area contributed by atoms with E-state index in [1.807, 2.05) is 19.9 Å². The fraction of sp³-hybridized carbons (Fsp3) is 0.650. The third-order valence-electron chi connectivity index (χ3n) is 5.26. The van der Waals surface area contributed by atoms with Crippen molar-refractivity contribution in [3.8, 4) is 11.5 Å². The monoisotopic (exact) mass is 410 g/mol. The predicted octanol–water partition coefficient (Wildman–Crippen LogP) is 2.85. The third-order valence-corrected chi connectivity index (χ3v) is 6.59. The van der Waals surface area contributed by atoms with Crippen molar-refractivity contribution in [3.05, 3.63) is 17.7 Å². The second-order valence-corrected chi connectivity index (χ2v) is 9.66. The van der Waals surface area contributed by atoms with Gasteiger partial charge in [0, 0.05) is 24.1 Å². The van der Waals surface area contributed by atoms with Crippen LogP contribution in [0.2, 0.25) is 0 Å². The van der Waals surface area contributed by atoms with Crippen LogP contribution in [0, 0.1) is 5.92 Å². The van der Waals surface area contributed by atoms with Gasteiger partial charge >= 0.3 is 0 Å². The Morgan fingerprint density at radius 2 is 1.93 bits per heavy atom. The minimum Gasteiger partial charge on any atom is -0.492 e. The average molecular weight is 411 g/mol. The molecule has 8 heteroatoms. The number of anilines is 1. The Labute approximate surface area is 167 Å². The molecule has 1 heterocycles. The van der Waals surface area contributed by atoms with Gasteiger partial charge in [-0.1, -0.05) is 6.92 Å². The molecule has 0 saturated heterocycles. The molecule has 2 N–H and O–H groups in total. The second-order valence-electron chi connectivity index (χ2n) is 7.90. The summed E-state index contributed by atoms with van der Waals surface area (Å²) in [6.45, 7) is 6.45. The van der Waals surface area contributed by atoms with Crippen molar-refractivity contribution in [2.24, 2.45) is 5.92 Å². The maximum Gasteiger partial charge on any atom is 0.241 e. The Hall–Kier alpha value is -1.80. The molecule has 2 aliphatic rings. The molecular weight excluding hydrogens is 380 g/mol. The number of hydrogen-bond donors (Lipinski definition) is 2. The largest absolute Gasteiger partial charge is 0.492 e. The molecule has 0 aromatic heterocycles. The summed E-state index contributed by atoms with van der Waals surface area (Å²) >= 11 is 0. The quantitative estimate of drug-likeness (QED) is 0.721. The molecular formula is C20H30N2O5S. The number of amides is 1. The SMILES string of the molecule is CCOc1cc2c(cc1NC(=O)CS(=O)(=O)NC1CCC(C)CC1)OC(C)C2. The van der Waals surface area contributed by atoms with Gasteiger partial charge in [0.2, 0.25) is 15.9 Å². The molecule has 1 aliphatic carbocycles. The summed E-state index contributed by atoms with van der Waals surface area (Å²) in [6, 6.07) is 3.49. The summed E-state index contributed by atoms with van der Waals surface area (Å²) in [5.41, 5.74) is 1.45. The van der Waals surface area contributed by atoms with Crippen LogP contribution in [0.3, 0.4) is 0 Å². The Bertz CT molecular complexity index is 816. The van der Waals surface area contributed by atoms with Gasteiger partial charge in [0.15, 0.2) is 0 Å². The minimum absolute atomic E-state index is 0.0678. The summed E-state index contributed by atoms with van der Waals surface area (Å²) in [6.07, 6.45) is 4.49. The summed E-state index contributed by atoms with van der Waals surface area (Å²) in [5, 5.41) is 2.68. The molecule has 0 bridgehead atoms. The van der Waals surface area contributed by atoms with E-state index in [9.17, 15) is 13.2 Å². The van der Waals surface area contributed by atoms with Gasteiger partial charge in [0.1, 0.15) is 23.4 Å². The summed E-state index contributed by atoms with van der Waals surface area (Å²) in [4.78, 5) is 12.4. The second kappa shape index (κ2) is 8.69. The molecule has 1 atom stereocenters. The normalized spacial score (nSPS) is 24.3. The number of carbonyl (C=O) groups is 1. The number of benzene rings is 1. The minimum atomic E-state index is -3.70. The first-order valence-corrected chi connectivity index (χ1v) is 11.7. The Morgan fingerprint density at radius 3 is 2.61 bits per heavy atom. The molecule has 1 saturated carbocycles. The van der Waals surface area contributed by atoms with Crippen LogP contribution in [-0.4, -0.2) is 38.8 Å².